The summed E-state index contributed by atoms with van der Waals surface area (Å²) in [6.07, 6.45) is 4.11. The molecule has 0 saturated heterocycles. The van der Waals surface area contributed by atoms with Crippen LogP contribution in [0.3, 0.4) is 0 Å². The van der Waals surface area contributed by atoms with Gasteiger partial charge in [0.05, 0.1) is 5.51 Å². The summed E-state index contributed by atoms with van der Waals surface area (Å²) in [5.41, 5.74) is 9.75. The van der Waals surface area contributed by atoms with Gasteiger partial charge in [-0.1, -0.05) is 12.1 Å². The normalized spacial score (nSPS) is 10.6. The van der Waals surface area contributed by atoms with E-state index in [2.05, 4.69) is 16.4 Å². The highest BCUT2D eigenvalue weighted by atomic mass is 32.1. The zero-order valence-electron chi connectivity index (χ0n) is 9.73. The molecule has 3 N–H and O–H groups in total. The van der Waals surface area contributed by atoms with Crippen LogP contribution in [0.4, 0.5) is 5.69 Å². The fourth-order valence-corrected chi connectivity index (χ4v) is 2.27. The summed E-state index contributed by atoms with van der Waals surface area (Å²) in [5, 5.41) is 3.41. The molecule has 1 aromatic heterocycles. The molecule has 0 spiro atoms. The molecule has 0 aliphatic heterocycles. The Labute approximate surface area is 106 Å². The first-order valence-corrected chi connectivity index (χ1v) is 6.65. The Bertz CT molecular complexity index is 440. The molecular weight excluding hydrogens is 230 g/mol. The lowest BCUT2D eigenvalue weighted by atomic mass is 10.1. The smallest absolute Gasteiger partial charge is 0.0794 e. The predicted molar refractivity (Wildman–Crippen MR) is 73.0 cm³/mol. The number of benzene rings is 1. The average Bonchev–Trinajstić information content (AvgIpc) is 2.82. The Morgan fingerprint density at radius 1 is 1.35 bits per heavy atom. The second kappa shape index (κ2) is 6.37. The molecule has 0 saturated carbocycles. The lowest BCUT2D eigenvalue weighted by Crippen LogP contribution is -2.14. The lowest BCUT2D eigenvalue weighted by molar-refractivity contribution is 0.654. The van der Waals surface area contributed by atoms with Crippen LogP contribution in [0.2, 0.25) is 0 Å². The highest BCUT2D eigenvalue weighted by Crippen LogP contribution is 2.08. The first-order chi connectivity index (χ1) is 8.34. The highest BCUT2D eigenvalue weighted by Gasteiger charge is 1.96. The van der Waals surface area contributed by atoms with Gasteiger partial charge in [-0.2, -0.15) is 0 Å². The van der Waals surface area contributed by atoms with Crippen LogP contribution in [0.5, 0.6) is 0 Å². The third kappa shape index (κ3) is 4.17. The summed E-state index contributed by atoms with van der Waals surface area (Å²) in [6, 6.07) is 8.10. The molecule has 17 heavy (non-hydrogen) atoms. The van der Waals surface area contributed by atoms with E-state index in [0.29, 0.717) is 0 Å². The van der Waals surface area contributed by atoms with E-state index in [4.69, 9.17) is 5.73 Å². The van der Waals surface area contributed by atoms with Crippen LogP contribution < -0.4 is 11.1 Å². The number of nitrogens with zero attached hydrogens (tertiary/aromatic N) is 1. The minimum absolute atomic E-state index is 0.847. The first kappa shape index (κ1) is 12.1. The summed E-state index contributed by atoms with van der Waals surface area (Å²) in [7, 11) is 0. The molecule has 0 aliphatic carbocycles. The maximum atomic E-state index is 5.73. The van der Waals surface area contributed by atoms with Gasteiger partial charge in [0.1, 0.15) is 0 Å². The molecule has 0 fully saturated rings. The Morgan fingerprint density at radius 2 is 2.29 bits per heavy atom. The molecular formula is C13H17N3S. The largest absolute Gasteiger partial charge is 0.399 e. The maximum absolute atomic E-state index is 5.73. The van der Waals surface area contributed by atoms with Gasteiger partial charge >= 0.3 is 0 Å². The summed E-state index contributed by atoms with van der Waals surface area (Å²) in [6.45, 7) is 1.94. The molecule has 90 valence electrons. The number of anilines is 1. The standard InChI is InChI=1S/C13H17N3S/c14-12-5-1-3-11(7-12)4-2-6-15-8-13-9-16-10-17-13/h1,3,5,7,9-10,15H,2,4,6,8,14H2. The van der Waals surface area contributed by atoms with Crippen molar-refractivity contribution < 1.29 is 0 Å². The number of thiazole rings is 1. The second-order valence-electron chi connectivity index (χ2n) is 3.99. The van der Waals surface area contributed by atoms with Crippen molar-refractivity contribution in [3.05, 3.63) is 46.4 Å². The van der Waals surface area contributed by atoms with Crippen molar-refractivity contribution in [2.75, 3.05) is 12.3 Å². The van der Waals surface area contributed by atoms with Crippen LogP contribution >= 0.6 is 11.3 Å². The highest BCUT2D eigenvalue weighted by molar-refractivity contribution is 7.09. The van der Waals surface area contributed by atoms with Crippen molar-refractivity contribution in [2.24, 2.45) is 0 Å². The van der Waals surface area contributed by atoms with E-state index in [9.17, 15) is 0 Å². The van der Waals surface area contributed by atoms with Crippen molar-refractivity contribution >= 4 is 17.0 Å². The molecule has 0 unspecified atom stereocenters. The van der Waals surface area contributed by atoms with Crippen molar-refractivity contribution in [3.8, 4) is 0 Å². The second-order valence-corrected chi connectivity index (χ2v) is 4.96. The lowest BCUT2D eigenvalue weighted by Gasteiger charge is -2.04. The summed E-state index contributed by atoms with van der Waals surface area (Å²) in [5.74, 6) is 0. The van der Waals surface area contributed by atoms with Crippen molar-refractivity contribution in [1.82, 2.24) is 10.3 Å². The molecule has 3 nitrogen and oxygen atoms in total. The first-order valence-electron chi connectivity index (χ1n) is 5.77. The van der Waals surface area contributed by atoms with Crippen molar-refractivity contribution in [1.29, 1.82) is 0 Å². The summed E-state index contributed by atoms with van der Waals surface area (Å²) >= 11 is 1.69. The van der Waals surface area contributed by atoms with Gasteiger partial charge in [0.15, 0.2) is 0 Å². The minimum atomic E-state index is 0.847. The number of nitrogens with one attached hydrogen (secondary N) is 1. The molecule has 1 aromatic carbocycles. The van der Waals surface area contributed by atoms with Gasteiger partial charge in [-0.05, 0) is 37.1 Å². The molecule has 2 rings (SSSR count). The molecule has 0 radical (unpaired) electrons. The predicted octanol–water partition coefficient (Wildman–Crippen LogP) is 2.45. The van der Waals surface area contributed by atoms with Crippen molar-refractivity contribution in [3.63, 3.8) is 0 Å². The fraction of sp³-hybridized carbons (Fsp3) is 0.308. The topological polar surface area (TPSA) is 50.9 Å². The number of rotatable bonds is 6. The Balaban J connectivity index is 1.63. The SMILES string of the molecule is Nc1cccc(CCCNCc2cncs2)c1. The zero-order valence-corrected chi connectivity index (χ0v) is 10.5. The maximum Gasteiger partial charge on any atom is 0.0794 e. The Morgan fingerprint density at radius 3 is 3.06 bits per heavy atom. The molecule has 0 atom stereocenters. The van der Waals surface area contributed by atoms with E-state index < -0.39 is 0 Å². The van der Waals surface area contributed by atoms with Gasteiger partial charge in [-0.25, -0.2) is 0 Å². The minimum Gasteiger partial charge on any atom is -0.399 e. The third-order valence-corrected chi connectivity index (χ3v) is 3.33. The van der Waals surface area contributed by atoms with Crippen LogP contribution in [0.15, 0.2) is 36.0 Å². The fourth-order valence-electron chi connectivity index (χ4n) is 1.71. The number of nitrogens with two attached hydrogens (primary N) is 1. The molecule has 0 aliphatic rings. The number of nitrogen functional groups attached to an aromatic ring is 1. The van der Waals surface area contributed by atoms with Crippen LogP contribution in [0.25, 0.3) is 0 Å². The zero-order chi connectivity index (χ0) is 11.9. The van der Waals surface area contributed by atoms with E-state index in [1.54, 1.807) is 11.3 Å². The number of aromatic nitrogens is 1. The Kier molecular flexibility index (Phi) is 4.53. The van der Waals surface area contributed by atoms with Gasteiger partial charge in [-0.15, -0.1) is 11.3 Å². The van der Waals surface area contributed by atoms with E-state index in [0.717, 1.165) is 31.6 Å². The number of hydrogen-bond donors (Lipinski definition) is 2. The molecule has 1 heterocycles. The Hall–Kier alpha value is -1.39. The van der Waals surface area contributed by atoms with E-state index in [1.807, 2.05) is 29.9 Å². The van der Waals surface area contributed by atoms with Gasteiger partial charge in [0, 0.05) is 23.3 Å². The van der Waals surface area contributed by atoms with E-state index in [-0.39, 0.29) is 0 Å². The molecule has 2 aromatic rings. The summed E-state index contributed by atoms with van der Waals surface area (Å²) in [4.78, 5) is 5.33. The molecule has 0 amide bonds. The van der Waals surface area contributed by atoms with Crippen LogP contribution in [0.1, 0.15) is 16.9 Å². The van der Waals surface area contributed by atoms with E-state index in [1.165, 1.54) is 10.4 Å². The van der Waals surface area contributed by atoms with Crippen LogP contribution in [-0.4, -0.2) is 11.5 Å². The monoisotopic (exact) mass is 247 g/mol. The van der Waals surface area contributed by atoms with Gasteiger partial charge in [0.25, 0.3) is 0 Å². The van der Waals surface area contributed by atoms with Crippen molar-refractivity contribution in [2.45, 2.75) is 19.4 Å². The number of hydrogen-bond acceptors (Lipinski definition) is 4. The summed E-state index contributed by atoms with van der Waals surface area (Å²) < 4.78 is 0. The van der Waals surface area contributed by atoms with Crippen LogP contribution in [-0.2, 0) is 13.0 Å². The van der Waals surface area contributed by atoms with Gasteiger partial charge in [-0.3, -0.25) is 4.98 Å². The van der Waals surface area contributed by atoms with Gasteiger partial charge < -0.3 is 11.1 Å². The van der Waals surface area contributed by atoms with Crippen LogP contribution in [0, 0.1) is 0 Å². The van der Waals surface area contributed by atoms with Gasteiger partial charge in [0.2, 0.25) is 0 Å². The quantitative estimate of drug-likeness (QED) is 0.609. The average molecular weight is 247 g/mol. The molecule has 4 heteroatoms. The number of aryl methyl sites for hydroxylation is 1. The third-order valence-electron chi connectivity index (χ3n) is 2.55. The molecule has 0 bridgehead atoms. The van der Waals surface area contributed by atoms with E-state index >= 15 is 0 Å².